The summed E-state index contributed by atoms with van der Waals surface area (Å²) in [5.74, 6) is -2.20. The molecule has 2 aromatic carbocycles. The lowest BCUT2D eigenvalue weighted by Gasteiger charge is -2.06. The second-order valence-corrected chi connectivity index (χ2v) is 4.60. The van der Waals surface area contributed by atoms with Gasteiger partial charge in [0.05, 0.1) is 5.02 Å². The quantitative estimate of drug-likeness (QED) is 0.705. The Balaban J connectivity index is 0.000000789. The molecule has 0 saturated heterocycles. The highest BCUT2D eigenvalue weighted by atomic mass is 35.5. The third-order valence-corrected chi connectivity index (χ3v) is 2.66. The van der Waals surface area contributed by atoms with Crippen molar-refractivity contribution < 1.29 is 14.3 Å². The smallest absolute Gasteiger partial charge is 0.340 e. The highest BCUT2D eigenvalue weighted by Gasteiger charge is 2.16. The van der Waals surface area contributed by atoms with Gasteiger partial charge in [0.1, 0.15) is 11.4 Å². The van der Waals surface area contributed by atoms with Crippen LogP contribution in [0, 0.1) is 5.82 Å². The number of rotatable bonds is 2. The van der Waals surface area contributed by atoms with E-state index in [9.17, 15) is 9.18 Å². The molecule has 0 amide bonds. The molecule has 22 heavy (non-hydrogen) atoms. The lowest BCUT2D eigenvalue weighted by atomic mass is 10.0. The summed E-state index contributed by atoms with van der Waals surface area (Å²) in [5.41, 5.74) is 0.842. The molecule has 0 radical (unpaired) electrons. The lowest BCUT2D eigenvalue weighted by molar-refractivity contribution is 0.0692. The van der Waals surface area contributed by atoms with Crippen molar-refractivity contribution in [2.45, 2.75) is 34.1 Å². The van der Waals surface area contributed by atoms with Crippen molar-refractivity contribution in [3.05, 3.63) is 58.9 Å². The number of halogens is 2. The Labute approximate surface area is 136 Å². The van der Waals surface area contributed by atoms with Gasteiger partial charge in [-0.15, -0.1) is 0 Å². The molecule has 0 unspecified atom stereocenters. The van der Waals surface area contributed by atoms with E-state index in [0.717, 1.165) is 5.56 Å². The van der Waals surface area contributed by atoms with Gasteiger partial charge in [-0.1, -0.05) is 76.0 Å². The molecule has 0 aliphatic heterocycles. The number of carboxylic acid groups (broad SMARTS) is 1. The molecule has 0 fully saturated rings. The van der Waals surface area contributed by atoms with Crippen LogP contribution in [0.1, 0.15) is 44.5 Å². The first-order valence-electron chi connectivity index (χ1n) is 7.29. The Kier molecular flexibility index (Phi) is 9.88. The fourth-order valence-electron chi connectivity index (χ4n) is 1.57. The molecule has 2 rings (SSSR count). The third-order valence-electron chi connectivity index (χ3n) is 2.36. The van der Waals surface area contributed by atoms with E-state index in [4.69, 9.17) is 16.7 Å². The van der Waals surface area contributed by atoms with E-state index in [1.165, 1.54) is 18.6 Å². The van der Waals surface area contributed by atoms with Gasteiger partial charge in [0.2, 0.25) is 0 Å². The van der Waals surface area contributed by atoms with Crippen LogP contribution in [0.5, 0.6) is 0 Å². The van der Waals surface area contributed by atoms with Crippen molar-refractivity contribution in [2.75, 3.05) is 0 Å². The molecule has 1 N–H and O–H groups in total. The van der Waals surface area contributed by atoms with Crippen LogP contribution in [0.15, 0.2) is 42.5 Å². The summed E-state index contributed by atoms with van der Waals surface area (Å²) < 4.78 is 13.6. The van der Waals surface area contributed by atoms with Gasteiger partial charge in [0, 0.05) is 0 Å². The van der Waals surface area contributed by atoms with Crippen molar-refractivity contribution in [3.8, 4) is 11.1 Å². The van der Waals surface area contributed by atoms with Crippen molar-refractivity contribution in [3.63, 3.8) is 0 Å². The van der Waals surface area contributed by atoms with E-state index in [0.29, 0.717) is 5.56 Å². The van der Waals surface area contributed by atoms with Crippen LogP contribution in [-0.2, 0) is 0 Å². The van der Waals surface area contributed by atoms with E-state index in [1.807, 2.05) is 32.0 Å². The number of benzene rings is 2. The van der Waals surface area contributed by atoms with Gasteiger partial charge in [0.15, 0.2) is 0 Å². The van der Waals surface area contributed by atoms with Gasteiger partial charge < -0.3 is 5.11 Å². The summed E-state index contributed by atoms with van der Waals surface area (Å²) >= 11 is 5.76. The van der Waals surface area contributed by atoms with Gasteiger partial charge in [-0.25, -0.2) is 9.18 Å². The zero-order valence-electron chi connectivity index (χ0n) is 13.4. The molecule has 0 bridgehead atoms. The Morgan fingerprint density at radius 3 is 2.00 bits per heavy atom. The predicted octanol–water partition coefficient (Wildman–Crippen LogP) is 6.29. The monoisotopic (exact) mass is 324 g/mol. The standard InChI is InChI=1S/C13H8ClFO2.C3H8.C2H6/c14-10-6-9(8-4-2-1-3-5-8)7-11(15)12(10)13(16)17;1-3-2;1-2/h1-7H,(H,16,17);3H2,1-2H3;1-2H3. The number of hydrogen-bond donors (Lipinski definition) is 1. The minimum atomic E-state index is -1.37. The average molecular weight is 325 g/mol. The molecule has 120 valence electrons. The second kappa shape index (κ2) is 10.8. The largest absolute Gasteiger partial charge is 0.478 e. The molecule has 2 nitrogen and oxygen atoms in total. The maximum Gasteiger partial charge on any atom is 0.340 e. The van der Waals surface area contributed by atoms with E-state index in [2.05, 4.69) is 13.8 Å². The highest BCUT2D eigenvalue weighted by molar-refractivity contribution is 6.33. The van der Waals surface area contributed by atoms with Crippen LogP contribution >= 0.6 is 11.6 Å². The van der Waals surface area contributed by atoms with Gasteiger partial charge >= 0.3 is 5.97 Å². The molecule has 0 aliphatic carbocycles. The molecule has 2 aromatic rings. The van der Waals surface area contributed by atoms with E-state index >= 15 is 0 Å². The van der Waals surface area contributed by atoms with Crippen LogP contribution in [0.4, 0.5) is 4.39 Å². The fourth-order valence-corrected chi connectivity index (χ4v) is 1.86. The second-order valence-electron chi connectivity index (χ2n) is 4.19. The minimum absolute atomic E-state index is 0.101. The Morgan fingerprint density at radius 2 is 1.59 bits per heavy atom. The van der Waals surface area contributed by atoms with E-state index < -0.39 is 17.3 Å². The summed E-state index contributed by atoms with van der Waals surface area (Å²) in [5, 5.41) is 8.68. The van der Waals surface area contributed by atoms with Gasteiger partial charge in [-0.2, -0.15) is 0 Å². The SMILES string of the molecule is CC.CCC.O=C(O)c1c(F)cc(-c2ccccc2)cc1Cl. The summed E-state index contributed by atoms with van der Waals surface area (Å²) in [6.45, 7) is 8.25. The van der Waals surface area contributed by atoms with Crippen LogP contribution in [-0.4, -0.2) is 11.1 Å². The highest BCUT2D eigenvalue weighted by Crippen LogP contribution is 2.28. The number of aromatic carboxylic acids is 1. The third kappa shape index (κ3) is 5.86. The maximum atomic E-state index is 13.6. The van der Waals surface area contributed by atoms with E-state index in [1.54, 1.807) is 12.1 Å². The molecular weight excluding hydrogens is 303 g/mol. The Morgan fingerprint density at radius 1 is 1.09 bits per heavy atom. The first kappa shape index (κ1) is 20.1. The summed E-state index contributed by atoms with van der Waals surface area (Å²) in [4.78, 5) is 10.8. The Bertz CT molecular complexity index is 560. The molecular formula is C18H22ClFO2. The minimum Gasteiger partial charge on any atom is -0.478 e. The zero-order chi connectivity index (χ0) is 17.1. The van der Waals surface area contributed by atoms with Gasteiger partial charge in [0.25, 0.3) is 0 Å². The van der Waals surface area contributed by atoms with Crippen LogP contribution in [0.25, 0.3) is 11.1 Å². The molecule has 0 atom stereocenters. The fraction of sp³-hybridized carbons (Fsp3) is 0.278. The van der Waals surface area contributed by atoms with Crippen molar-refractivity contribution in [1.82, 2.24) is 0 Å². The van der Waals surface area contributed by atoms with Gasteiger partial charge in [-0.05, 0) is 23.3 Å². The molecule has 0 heterocycles. The number of carboxylic acids is 1. The molecule has 0 saturated carbocycles. The average Bonchev–Trinajstić information content (AvgIpc) is 2.50. The van der Waals surface area contributed by atoms with E-state index in [-0.39, 0.29) is 5.02 Å². The Hall–Kier alpha value is -1.87. The van der Waals surface area contributed by atoms with Crippen molar-refractivity contribution in [2.24, 2.45) is 0 Å². The number of carbonyl (C=O) groups is 1. The molecule has 0 spiro atoms. The first-order chi connectivity index (χ1) is 10.5. The maximum absolute atomic E-state index is 13.6. The van der Waals surface area contributed by atoms with Crippen molar-refractivity contribution >= 4 is 17.6 Å². The van der Waals surface area contributed by atoms with Crippen LogP contribution in [0.3, 0.4) is 0 Å². The first-order valence-corrected chi connectivity index (χ1v) is 7.66. The zero-order valence-corrected chi connectivity index (χ0v) is 14.1. The van der Waals surface area contributed by atoms with Crippen molar-refractivity contribution in [1.29, 1.82) is 0 Å². The summed E-state index contributed by atoms with van der Waals surface area (Å²) in [7, 11) is 0. The predicted molar refractivity (Wildman–Crippen MR) is 91.1 cm³/mol. The topological polar surface area (TPSA) is 37.3 Å². The van der Waals surface area contributed by atoms with Crippen LogP contribution in [0.2, 0.25) is 5.02 Å². The molecule has 0 aliphatic rings. The lowest BCUT2D eigenvalue weighted by Crippen LogP contribution is -2.02. The normalized spacial score (nSPS) is 9.00. The number of hydrogen-bond acceptors (Lipinski definition) is 1. The molecule has 4 heteroatoms. The van der Waals surface area contributed by atoms with Gasteiger partial charge in [-0.3, -0.25) is 0 Å². The summed E-state index contributed by atoms with van der Waals surface area (Å²) in [6.07, 6.45) is 1.25. The summed E-state index contributed by atoms with van der Waals surface area (Å²) in [6, 6.07) is 11.7. The van der Waals surface area contributed by atoms with Crippen LogP contribution < -0.4 is 0 Å². The molecule has 0 aromatic heterocycles.